The van der Waals surface area contributed by atoms with E-state index in [4.69, 9.17) is 14.9 Å². The Morgan fingerprint density at radius 2 is 2.12 bits per heavy atom. The highest BCUT2D eigenvalue weighted by atomic mass is 16.6. The van der Waals surface area contributed by atoms with Crippen molar-refractivity contribution in [2.45, 2.75) is 31.8 Å². The van der Waals surface area contributed by atoms with Crippen LogP contribution in [0.2, 0.25) is 0 Å². The summed E-state index contributed by atoms with van der Waals surface area (Å²) in [5.41, 5.74) is 0. The number of hydrogen-bond donors (Lipinski definition) is 2. The molecule has 0 spiro atoms. The molecule has 3 heteroatoms. The number of rotatable bonds is 0. The third kappa shape index (κ3) is 0.992. The molecule has 1 rings (SSSR count). The summed E-state index contributed by atoms with van der Waals surface area (Å²) < 4.78 is 4.78. The second-order valence-electron chi connectivity index (χ2n) is 2.10. The summed E-state index contributed by atoms with van der Waals surface area (Å²) in [6.07, 6.45) is -1.09. The van der Waals surface area contributed by atoms with Crippen molar-refractivity contribution < 1.29 is 14.9 Å². The Morgan fingerprint density at radius 3 is 2.25 bits per heavy atom. The monoisotopic (exact) mass is 118 g/mol. The van der Waals surface area contributed by atoms with Gasteiger partial charge in [-0.25, -0.2) is 0 Å². The minimum Gasteiger partial charge on any atom is -0.390 e. The summed E-state index contributed by atoms with van der Waals surface area (Å²) in [4.78, 5) is 0. The van der Waals surface area contributed by atoms with E-state index >= 15 is 0 Å². The molecule has 1 aliphatic heterocycles. The van der Waals surface area contributed by atoms with E-state index in [1.165, 1.54) is 0 Å². The number of aliphatic hydroxyl groups is 2. The molecule has 48 valence electrons. The first-order valence-corrected chi connectivity index (χ1v) is 2.71. The SMILES string of the molecule is C[C@H]1O[C@@H](O)C[C@@H]1O. The van der Waals surface area contributed by atoms with Gasteiger partial charge in [-0.2, -0.15) is 0 Å². The summed E-state index contributed by atoms with van der Waals surface area (Å²) >= 11 is 0. The van der Waals surface area contributed by atoms with Gasteiger partial charge in [0.15, 0.2) is 6.29 Å². The maximum atomic E-state index is 8.88. The van der Waals surface area contributed by atoms with Gasteiger partial charge in [-0.15, -0.1) is 0 Å². The fourth-order valence-corrected chi connectivity index (χ4v) is 0.792. The van der Waals surface area contributed by atoms with Gasteiger partial charge in [-0.05, 0) is 6.92 Å². The predicted molar refractivity (Wildman–Crippen MR) is 27.2 cm³/mol. The molecule has 1 fully saturated rings. The Hall–Kier alpha value is -0.120. The molecule has 0 aromatic rings. The molecule has 2 N–H and O–H groups in total. The summed E-state index contributed by atoms with van der Waals surface area (Å²) in [5.74, 6) is 0. The lowest BCUT2D eigenvalue weighted by molar-refractivity contribution is -0.0889. The van der Waals surface area contributed by atoms with Crippen LogP contribution in [-0.4, -0.2) is 28.7 Å². The van der Waals surface area contributed by atoms with E-state index < -0.39 is 12.4 Å². The molecule has 3 atom stereocenters. The second-order valence-corrected chi connectivity index (χ2v) is 2.10. The smallest absolute Gasteiger partial charge is 0.157 e. The first kappa shape index (κ1) is 6.01. The van der Waals surface area contributed by atoms with Crippen molar-refractivity contribution in [3.05, 3.63) is 0 Å². The quantitative estimate of drug-likeness (QED) is 0.449. The maximum Gasteiger partial charge on any atom is 0.157 e. The maximum absolute atomic E-state index is 8.88. The first-order valence-electron chi connectivity index (χ1n) is 2.71. The average Bonchev–Trinajstić information content (AvgIpc) is 1.85. The van der Waals surface area contributed by atoms with Crippen LogP contribution >= 0.6 is 0 Å². The normalized spacial score (nSPS) is 47.6. The van der Waals surface area contributed by atoms with Crippen molar-refractivity contribution in [2.24, 2.45) is 0 Å². The van der Waals surface area contributed by atoms with Crippen molar-refractivity contribution in [1.82, 2.24) is 0 Å². The molecular formula is C5H10O3. The third-order valence-corrected chi connectivity index (χ3v) is 1.36. The summed E-state index contributed by atoms with van der Waals surface area (Å²) in [5, 5.41) is 17.6. The van der Waals surface area contributed by atoms with Crippen LogP contribution in [0.25, 0.3) is 0 Å². The lowest BCUT2D eigenvalue weighted by Gasteiger charge is -2.03. The Bertz CT molecular complexity index is 73.7. The third-order valence-electron chi connectivity index (χ3n) is 1.36. The molecule has 0 unspecified atom stereocenters. The van der Waals surface area contributed by atoms with E-state index in [1.54, 1.807) is 6.92 Å². The minimum absolute atomic E-state index is 0.204. The molecule has 0 aromatic heterocycles. The Kier molecular flexibility index (Phi) is 1.51. The van der Waals surface area contributed by atoms with Crippen molar-refractivity contribution in [2.75, 3.05) is 0 Å². The summed E-state index contributed by atoms with van der Waals surface area (Å²) in [6.45, 7) is 1.74. The van der Waals surface area contributed by atoms with Crippen molar-refractivity contribution in [3.8, 4) is 0 Å². The van der Waals surface area contributed by atoms with Gasteiger partial charge in [-0.3, -0.25) is 0 Å². The van der Waals surface area contributed by atoms with Crippen LogP contribution in [0, 0.1) is 0 Å². The fourth-order valence-electron chi connectivity index (χ4n) is 0.792. The highest BCUT2D eigenvalue weighted by Gasteiger charge is 2.28. The van der Waals surface area contributed by atoms with Crippen molar-refractivity contribution in [1.29, 1.82) is 0 Å². The van der Waals surface area contributed by atoms with E-state index in [1.807, 2.05) is 0 Å². The van der Waals surface area contributed by atoms with E-state index in [0.29, 0.717) is 6.42 Å². The molecule has 0 aliphatic carbocycles. The van der Waals surface area contributed by atoms with E-state index in [0.717, 1.165) is 0 Å². The molecule has 8 heavy (non-hydrogen) atoms. The highest BCUT2D eigenvalue weighted by molar-refractivity contribution is 4.72. The van der Waals surface area contributed by atoms with Crippen LogP contribution < -0.4 is 0 Å². The molecule has 0 bridgehead atoms. The van der Waals surface area contributed by atoms with Crippen LogP contribution in [0.15, 0.2) is 0 Å². The highest BCUT2D eigenvalue weighted by Crippen LogP contribution is 2.16. The van der Waals surface area contributed by atoms with Gasteiger partial charge in [0, 0.05) is 6.42 Å². The molecule has 0 radical (unpaired) electrons. The van der Waals surface area contributed by atoms with Crippen LogP contribution in [0.5, 0.6) is 0 Å². The van der Waals surface area contributed by atoms with Crippen molar-refractivity contribution in [3.63, 3.8) is 0 Å². The lowest BCUT2D eigenvalue weighted by Crippen LogP contribution is -2.15. The number of hydrogen-bond acceptors (Lipinski definition) is 3. The van der Waals surface area contributed by atoms with Gasteiger partial charge in [0.2, 0.25) is 0 Å². The second kappa shape index (κ2) is 2.01. The van der Waals surface area contributed by atoms with Crippen molar-refractivity contribution >= 4 is 0 Å². The van der Waals surface area contributed by atoms with Gasteiger partial charge in [0.1, 0.15) is 0 Å². The number of aliphatic hydroxyl groups excluding tert-OH is 2. The van der Waals surface area contributed by atoms with E-state index in [2.05, 4.69) is 0 Å². The van der Waals surface area contributed by atoms with Gasteiger partial charge in [0.05, 0.1) is 12.2 Å². The zero-order valence-corrected chi connectivity index (χ0v) is 4.74. The number of ether oxygens (including phenoxy) is 1. The Morgan fingerprint density at radius 1 is 1.50 bits per heavy atom. The average molecular weight is 118 g/mol. The van der Waals surface area contributed by atoms with Gasteiger partial charge in [0.25, 0.3) is 0 Å². The largest absolute Gasteiger partial charge is 0.390 e. The molecule has 0 amide bonds. The zero-order valence-electron chi connectivity index (χ0n) is 4.74. The van der Waals surface area contributed by atoms with E-state index in [9.17, 15) is 0 Å². The first-order chi connectivity index (χ1) is 3.70. The fraction of sp³-hybridized carbons (Fsp3) is 1.00. The molecule has 1 saturated heterocycles. The predicted octanol–water partition coefficient (Wildman–Crippen LogP) is -0.526. The summed E-state index contributed by atoms with van der Waals surface area (Å²) in [6, 6.07) is 0. The lowest BCUT2D eigenvalue weighted by atomic mass is 10.2. The van der Waals surface area contributed by atoms with Gasteiger partial charge >= 0.3 is 0 Å². The van der Waals surface area contributed by atoms with E-state index in [-0.39, 0.29) is 6.10 Å². The molecule has 1 aliphatic rings. The molecule has 3 nitrogen and oxygen atoms in total. The molecule has 0 saturated carbocycles. The zero-order chi connectivity index (χ0) is 6.15. The Labute approximate surface area is 47.9 Å². The van der Waals surface area contributed by atoms with Gasteiger partial charge < -0.3 is 14.9 Å². The standard InChI is InChI=1S/C5H10O3/c1-3-4(6)2-5(7)8-3/h3-7H,2H2,1H3/t3-,4+,5-/m1/s1. The molecule has 1 heterocycles. The molecule has 0 aromatic carbocycles. The van der Waals surface area contributed by atoms with Crippen LogP contribution in [0.4, 0.5) is 0 Å². The van der Waals surface area contributed by atoms with Gasteiger partial charge in [-0.1, -0.05) is 0 Å². The van der Waals surface area contributed by atoms with Crippen LogP contribution in [0.1, 0.15) is 13.3 Å². The topological polar surface area (TPSA) is 49.7 Å². The summed E-state index contributed by atoms with van der Waals surface area (Å²) in [7, 11) is 0. The minimum atomic E-state index is -0.750. The van der Waals surface area contributed by atoms with Crippen LogP contribution in [0.3, 0.4) is 0 Å². The molecular weight excluding hydrogens is 108 g/mol. The Balaban J connectivity index is 2.39. The van der Waals surface area contributed by atoms with Crippen LogP contribution in [-0.2, 0) is 4.74 Å².